The minimum atomic E-state index is -0.189. The molecule has 1 unspecified atom stereocenters. The van der Waals surface area contributed by atoms with Gasteiger partial charge in [0.25, 0.3) is 5.56 Å². The van der Waals surface area contributed by atoms with E-state index in [9.17, 15) is 4.79 Å². The molecule has 0 aromatic carbocycles. The van der Waals surface area contributed by atoms with E-state index in [0.717, 1.165) is 58.9 Å². The largest absolute Gasteiger partial charge is 0.376 e. The van der Waals surface area contributed by atoms with Gasteiger partial charge in [0, 0.05) is 62.9 Å². The maximum Gasteiger partial charge on any atom is 0.253 e. The van der Waals surface area contributed by atoms with Crippen molar-refractivity contribution in [3.8, 4) is 10.6 Å². The lowest BCUT2D eigenvalue weighted by Crippen LogP contribution is -2.47. The molecule has 0 radical (unpaired) electrons. The summed E-state index contributed by atoms with van der Waals surface area (Å²) in [6.45, 7) is 5.10. The quantitative estimate of drug-likeness (QED) is 0.511. The summed E-state index contributed by atoms with van der Waals surface area (Å²) in [5.74, 6) is 0.866. The third-order valence-corrected chi connectivity index (χ3v) is 8.48. The minimum absolute atomic E-state index is 0.00688. The maximum atomic E-state index is 13.1. The SMILES string of the molecule is CC(c1nnc(-c2cncc(N(C)C)c2)s1)n1ccc(N2CCC[C@@H](NCC3CCC3)C2)cc1=O. The van der Waals surface area contributed by atoms with Gasteiger partial charge in [0.15, 0.2) is 0 Å². The molecule has 3 aromatic rings. The van der Waals surface area contributed by atoms with E-state index in [-0.39, 0.29) is 11.6 Å². The Morgan fingerprint density at radius 1 is 1.17 bits per heavy atom. The van der Waals surface area contributed by atoms with Gasteiger partial charge >= 0.3 is 0 Å². The van der Waals surface area contributed by atoms with E-state index in [1.165, 1.54) is 37.0 Å². The maximum absolute atomic E-state index is 13.1. The second-order valence-electron chi connectivity index (χ2n) is 10.1. The highest BCUT2D eigenvalue weighted by atomic mass is 32.1. The first kappa shape index (κ1) is 23.9. The molecule has 2 aliphatic rings. The van der Waals surface area contributed by atoms with Gasteiger partial charge in [-0.25, -0.2) is 0 Å². The number of hydrogen-bond donors (Lipinski definition) is 1. The number of anilines is 2. The van der Waals surface area contributed by atoms with Gasteiger partial charge in [-0.15, -0.1) is 10.2 Å². The highest BCUT2D eigenvalue weighted by Gasteiger charge is 2.24. The van der Waals surface area contributed by atoms with E-state index >= 15 is 0 Å². The van der Waals surface area contributed by atoms with Crippen LogP contribution in [0.3, 0.4) is 0 Å². The summed E-state index contributed by atoms with van der Waals surface area (Å²) in [5.41, 5.74) is 2.95. The van der Waals surface area contributed by atoms with Crippen LogP contribution in [0.4, 0.5) is 11.4 Å². The zero-order valence-electron chi connectivity index (χ0n) is 20.9. The molecule has 3 aromatic heterocycles. The number of aromatic nitrogens is 4. The molecule has 186 valence electrons. The van der Waals surface area contributed by atoms with Crippen molar-refractivity contribution in [1.29, 1.82) is 0 Å². The Bertz CT molecular complexity index is 1200. The lowest BCUT2D eigenvalue weighted by atomic mass is 9.85. The van der Waals surface area contributed by atoms with Crippen LogP contribution >= 0.6 is 11.3 Å². The van der Waals surface area contributed by atoms with Crippen LogP contribution in [0.1, 0.15) is 50.1 Å². The first-order chi connectivity index (χ1) is 17.0. The molecule has 35 heavy (non-hydrogen) atoms. The number of hydrogen-bond acceptors (Lipinski definition) is 8. The third-order valence-electron chi connectivity index (χ3n) is 7.34. The predicted octanol–water partition coefficient (Wildman–Crippen LogP) is 3.80. The summed E-state index contributed by atoms with van der Waals surface area (Å²) in [7, 11) is 3.97. The molecule has 2 atom stereocenters. The lowest BCUT2D eigenvalue weighted by molar-refractivity contribution is 0.280. The Labute approximate surface area is 211 Å². The van der Waals surface area contributed by atoms with Crippen molar-refractivity contribution < 1.29 is 0 Å². The third kappa shape index (κ3) is 5.41. The van der Waals surface area contributed by atoms with Gasteiger partial charge in [0.05, 0.1) is 17.9 Å². The van der Waals surface area contributed by atoms with E-state index in [1.54, 1.807) is 16.8 Å². The number of nitrogens with one attached hydrogen (secondary N) is 1. The van der Waals surface area contributed by atoms with Crippen molar-refractivity contribution in [2.75, 3.05) is 43.5 Å². The average Bonchev–Trinajstić information content (AvgIpc) is 3.33. The summed E-state index contributed by atoms with van der Waals surface area (Å²) in [6, 6.07) is 6.21. The average molecular weight is 494 g/mol. The van der Waals surface area contributed by atoms with E-state index < -0.39 is 0 Å². The van der Waals surface area contributed by atoms with Gasteiger partial charge in [-0.1, -0.05) is 17.8 Å². The Hall–Kier alpha value is -2.78. The minimum Gasteiger partial charge on any atom is -0.376 e. The smallest absolute Gasteiger partial charge is 0.253 e. The Kier molecular flexibility index (Phi) is 7.15. The lowest BCUT2D eigenvalue weighted by Gasteiger charge is -2.36. The number of rotatable bonds is 8. The van der Waals surface area contributed by atoms with Gasteiger partial charge in [0.1, 0.15) is 10.0 Å². The highest BCUT2D eigenvalue weighted by Crippen LogP contribution is 2.30. The number of piperidine rings is 1. The molecule has 4 heterocycles. The van der Waals surface area contributed by atoms with Crippen molar-refractivity contribution in [2.45, 2.75) is 51.1 Å². The van der Waals surface area contributed by atoms with E-state index in [1.807, 2.05) is 38.3 Å². The van der Waals surface area contributed by atoms with Gasteiger partial charge in [-0.2, -0.15) is 0 Å². The number of pyridine rings is 2. The van der Waals surface area contributed by atoms with Crippen LogP contribution in [0.25, 0.3) is 10.6 Å². The molecule has 5 rings (SSSR count). The summed E-state index contributed by atoms with van der Waals surface area (Å²) in [4.78, 5) is 21.8. The molecule has 1 aliphatic heterocycles. The van der Waals surface area contributed by atoms with Crippen LogP contribution in [0.15, 0.2) is 41.6 Å². The van der Waals surface area contributed by atoms with Crippen LogP contribution in [0, 0.1) is 5.92 Å². The molecule has 9 heteroatoms. The Balaban J connectivity index is 1.27. The molecule has 2 fully saturated rings. The summed E-state index contributed by atoms with van der Waals surface area (Å²) in [5, 5.41) is 14.2. The van der Waals surface area contributed by atoms with Crippen LogP contribution in [0.5, 0.6) is 0 Å². The molecule has 1 aliphatic carbocycles. The normalized spacial score (nSPS) is 19.4. The summed E-state index contributed by atoms with van der Waals surface area (Å²) < 4.78 is 1.75. The molecule has 0 amide bonds. The summed E-state index contributed by atoms with van der Waals surface area (Å²) >= 11 is 1.51. The molecular formula is C26H35N7OS. The van der Waals surface area contributed by atoms with Crippen LogP contribution in [-0.4, -0.2) is 59.5 Å². The van der Waals surface area contributed by atoms with Crippen LogP contribution in [-0.2, 0) is 0 Å². The van der Waals surface area contributed by atoms with Crippen molar-refractivity contribution in [3.63, 3.8) is 0 Å². The summed E-state index contributed by atoms with van der Waals surface area (Å²) in [6.07, 6.45) is 12.0. The first-order valence-corrected chi connectivity index (χ1v) is 13.5. The molecule has 0 bridgehead atoms. The van der Waals surface area contributed by atoms with E-state index in [4.69, 9.17) is 0 Å². The molecule has 8 nitrogen and oxygen atoms in total. The van der Waals surface area contributed by atoms with Gasteiger partial charge in [-0.3, -0.25) is 9.78 Å². The van der Waals surface area contributed by atoms with Crippen molar-refractivity contribution in [2.24, 2.45) is 5.92 Å². The Morgan fingerprint density at radius 2 is 2.03 bits per heavy atom. The first-order valence-electron chi connectivity index (χ1n) is 12.6. The fraction of sp³-hybridized carbons (Fsp3) is 0.538. The molecular weight excluding hydrogens is 458 g/mol. The molecule has 1 saturated heterocycles. The molecule has 1 N–H and O–H groups in total. The fourth-order valence-corrected chi connectivity index (χ4v) is 5.71. The van der Waals surface area contributed by atoms with Crippen LogP contribution < -0.4 is 20.7 Å². The molecule has 1 saturated carbocycles. The van der Waals surface area contributed by atoms with Gasteiger partial charge in [-0.05, 0) is 57.2 Å². The van der Waals surface area contributed by atoms with Gasteiger partial charge < -0.3 is 19.7 Å². The van der Waals surface area contributed by atoms with E-state index in [0.29, 0.717) is 6.04 Å². The van der Waals surface area contributed by atoms with E-state index in [2.05, 4.69) is 37.5 Å². The molecule has 0 spiro atoms. The second-order valence-corrected chi connectivity index (χ2v) is 11.1. The predicted molar refractivity (Wildman–Crippen MR) is 143 cm³/mol. The van der Waals surface area contributed by atoms with Crippen LogP contribution in [0.2, 0.25) is 0 Å². The fourth-order valence-electron chi connectivity index (χ4n) is 4.83. The van der Waals surface area contributed by atoms with Gasteiger partial charge in [0.2, 0.25) is 0 Å². The Morgan fingerprint density at radius 3 is 2.77 bits per heavy atom. The highest BCUT2D eigenvalue weighted by molar-refractivity contribution is 7.14. The standard InChI is InChI=1S/C26H35N7OS/c1-18(25-29-30-26(35-25)20-12-23(31(2)3)16-27-15-20)33-11-9-22(13-24(33)34)32-10-5-8-21(17-32)28-14-19-6-4-7-19/h9,11-13,15-16,18-19,21,28H,4-8,10,14,17H2,1-3H3/t18?,21-/m1/s1. The zero-order valence-corrected chi connectivity index (χ0v) is 21.7. The topological polar surface area (TPSA) is 79.2 Å². The van der Waals surface area contributed by atoms with Crippen molar-refractivity contribution >= 4 is 22.7 Å². The second kappa shape index (κ2) is 10.5. The monoisotopic (exact) mass is 493 g/mol. The zero-order chi connectivity index (χ0) is 24.4. The van der Waals surface area contributed by atoms with Crippen molar-refractivity contribution in [1.82, 2.24) is 25.1 Å². The van der Waals surface area contributed by atoms with Crippen molar-refractivity contribution in [3.05, 3.63) is 52.2 Å². The number of nitrogens with zero attached hydrogens (tertiary/aromatic N) is 6.